The summed E-state index contributed by atoms with van der Waals surface area (Å²) in [5.74, 6) is -0.231. The van der Waals surface area contributed by atoms with Gasteiger partial charge in [0.2, 0.25) is 0 Å². The number of methoxy groups -OCH3 is 1. The average Bonchev–Trinajstić information content (AvgIpc) is 2.73. The van der Waals surface area contributed by atoms with Gasteiger partial charge < -0.3 is 15.0 Å². The molecule has 0 saturated carbocycles. The number of rotatable bonds is 4. The number of alkyl halides is 3. The van der Waals surface area contributed by atoms with Gasteiger partial charge in [0.1, 0.15) is 5.75 Å². The third-order valence-electron chi connectivity index (χ3n) is 4.93. The van der Waals surface area contributed by atoms with Gasteiger partial charge in [0.15, 0.2) is 0 Å². The molecule has 0 aliphatic carbocycles. The molecule has 0 bridgehead atoms. The summed E-state index contributed by atoms with van der Waals surface area (Å²) < 4.78 is 44.6. The molecule has 0 aromatic heterocycles. The van der Waals surface area contributed by atoms with Crippen molar-refractivity contribution in [1.29, 1.82) is 0 Å². The van der Waals surface area contributed by atoms with Crippen LogP contribution >= 0.6 is 0 Å². The fraction of sp³-hybridized carbons (Fsp3) is 0.333. The molecule has 2 amide bonds. The van der Waals surface area contributed by atoms with Gasteiger partial charge in [-0.1, -0.05) is 12.1 Å². The summed E-state index contributed by atoms with van der Waals surface area (Å²) in [4.78, 5) is 26.4. The molecule has 0 atom stereocenters. The highest BCUT2D eigenvalue weighted by atomic mass is 19.4. The van der Waals surface area contributed by atoms with E-state index < -0.39 is 17.6 Å². The SMILES string of the molecule is COc1ccc(C(=O)NC2CCN(C(=O)c3ccccc3C(F)(F)F)CC2)cc1. The maximum atomic E-state index is 13.2. The van der Waals surface area contributed by atoms with Crippen LogP contribution in [-0.4, -0.2) is 43.0 Å². The Morgan fingerprint density at radius 1 is 1.03 bits per heavy atom. The van der Waals surface area contributed by atoms with E-state index in [4.69, 9.17) is 4.74 Å². The van der Waals surface area contributed by atoms with Gasteiger partial charge >= 0.3 is 6.18 Å². The Balaban J connectivity index is 1.59. The average molecular weight is 406 g/mol. The van der Waals surface area contributed by atoms with Crippen molar-refractivity contribution in [3.63, 3.8) is 0 Å². The number of ether oxygens (including phenoxy) is 1. The van der Waals surface area contributed by atoms with Gasteiger partial charge in [-0.15, -0.1) is 0 Å². The fourth-order valence-corrected chi connectivity index (χ4v) is 3.33. The van der Waals surface area contributed by atoms with Crippen molar-refractivity contribution in [2.24, 2.45) is 0 Å². The van der Waals surface area contributed by atoms with E-state index in [1.54, 1.807) is 24.3 Å². The molecule has 154 valence electrons. The van der Waals surface area contributed by atoms with E-state index in [0.717, 1.165) is 6.07 Å². The van der Waals surface area contributed by atoms with Gasteiger partial charge in [-0.2, -0.15) is 13.2 Å². The predicted octanol–water partition coefficient (Wildman–Crippen LogP) is 3.75. The first-order valence-corrected chi connectivity index (χ1v) is 9.20. The molecular weight excluding hydrogens is 385 g/mol. The predicted molar refractivity (Wildman–Crippen MR) is 101 cm³/mol. The van der Waals surface area contributed by atoms with E-state index >= 15 is 0 Å². The smallest absolute Gasteiger partial charge is 0.417 e. The zero-order valence-electron chi connectivity index (χ0n) is 15.8. The summed E-state index contributed by atoms with van der Waals surface area (Å²) >= 11 is 0. The summed E-state index contributed by atoms with van der Waals surface area (Å²) in [5.41, 5.74) is -0.788. The molecule has 1 aliphatic heterocycles. The van der Waals surface area contributed by atoms with E-state index in [1.807, 2.05) is 0 Å². The second kappa shape index (κ2) is 8.55. The minimum absolute atomic E-state index is 0.147. The molecule has 0 radical (unpaired) electrons. The second-order valence-corrected chi connectivity index (χ2v) is 6.81. The lowest BCUT2D eigenvalue weighted by Crippen LogP contribution is -2.46. The molecule has 0 unspecified atom stereocenters. The number of likely N-dealkylation sites (tertiary alicyclic amines) is 1. The Labute approximate surface area is 166 Å². The minimum Gasteiger partial charge on any atom is -0.497 e. The molecule has 3 rings (SSSR count). The quantitative estimate of drug-likeness (QED) is 0.842. The van der Waals surface area contributed by atoms with E-state index in [9.17, 15) is 22.8 Å². The molecule has 1 fully saturated rings. The summed E-state index contributed by atoms with van der Waals surface area (Å²) in [6.45, 7) is 0.553. The Bertz CT molecular complexity index is 873. The number of carbonyl (C=O) groups excluding carboxylic acids is 2. The molecular formula is C21H21F3N2O3. The van der Waals surface area contributed by atoms with Crippen molar-refractivity contribution >= 4 is 11.8 Å². The summed E-state index contributed by atoms with van der Waals surface area (Å²) in [5, 5.41) is 2.91. The van der Waals surface area contributed by atoms with Crippen molar-refractivity contribution < 1.29 is 27.5 Å². The molecule has 2 aromatic rings. The molecule has 29 heavy (non-hydrogen) atoms. The molecule has 1 N–H and O–H groups in total. The van der Waals surface area contributed by atoms with Crippen LogP contribution in [0.4, 0.5) is 13.2 Å². The Morgan fingerprint density at radius 3 is 2.24 bits per heavy atom. The standard InChI is InChI=1S/C21H21F3N2O3/c1-29-16-8-6-14(7-9-16)19(27)25-15-10-12-26(13-11-15)20(28)17-4-2-3-5-18(17)21(22,23)24/h2-9,15H,10-13H2,1H3,(H,25,27). The lowest BCUT2D eigenvalue weighted by Gasteiger charge is -2.33. The number of halogens is 3. The van der Waals surface area contributed by atoms with Crippen LogP contribution in [0, 0.1) is 0 Å². The number of benzene rings is 2. The van der Waals surface area contributed by atoms with Crippen molar-refractivity contribution in [2.75, 3.05) is 20.2 Å². The van der Waals surface area contributed by atoms with Gasteiger partial charge in [-0.05, 0) is 49.2 Å². The van der Waals surface area contributed by atoms with Gasteiger partial charge in [0.25, 0.3) is 11.8 Å². The van der Waals surface area contributed by atoms with Crippen LogP contribution in [0.2, 0.25) is 0 Å². The van der Waals surface area contributed by atoms with Crippen LogP contribution in [0.25, 0.3) is 0 Å². The Morgan fingerprint density at radius 2 is 1.66 bits per heavy atom. The highest BCUT2D eigenvalue weighted by molar-refractivity contribution is 5.96. The van der Waals surface area contributed by atoms with Crippen molar-refractivity contribution in [3.8, 4) is 5.75 Å². The summed E-state index contributed by atoms with van der Waals surface area (Å²) in [7, 11) is 1.54. The first-order valence-electron chi connectivity index (χ1n) is 9.20. The van der Waals surface area contributed by atoms with Crippen molar-refractivity contribution in [2.45, 2.75) is 25.1 Å². The Kier molecular flexibility index (Phi) is 6.10. The zero-order valence-corrected chi connectivity index (χ0v) is 15.8. The van der Waals surface area contributed by atoms with Crippen molar-refractivity contribution in [1.82, 2.24) is 10.2 Å². The summed E-state index contributed by atoms with van der Waals surface area (Å²) in [6.07, 6.45) is -3.64. The number of nitrogens with zero attached hydrogens (tertiary/aromatic N) is 1. The van der Waals surface area contributed by atoms with Crippen LogP contribution in [0.3, 0.4) is 0 Å². The lowest BCUT2D eigenvalue weighted by molar-refractivity contribution is -0.138. The van der Waals surface area contributed by atoms with Gasteiger partial charge in [0, 0.05) is 24.7 Å². The minimum atomic E-state index is -4.59. The maximum Gasteiger partial charge on any atom is 0.417 e. The van der Waals surface area contributed by atoms with Gasteiger partial charge in [-0.3, -0.25) is 9.59 Å². The number of hydrogen-bond donors (Lipinski definition) is 1. The van der Waals surface area contributed by atoms with Crippen LogP contribution in [-0.2, 0) is 6.18 Å². The number of nitrogens with one attached hydrogen (secondary N) is 1. The third-order valence-corrected chi connectivity index (χ3v) is 4.93. The van der Waals surface area contributed by atoms with E-state index in [2.05, 4.69) is 5.32 Å². The number of amides is 2. The van der Waals surface area contributed by atoms with Crippen molar-refractivity contribution in [3.05, 3.63) is 65.2 Å². The Hall–Kier alpha value is -3.03. The molecule has 1 aliphatic rings. The number of hydrogen-bond acceptors (Lipinski definition) is 3. The fourth-order valence-electron chi connectivity index (χ4n) is 3.33. The van der Waals surface area contributed by atoms with Crippen LogP contribution in [0.5, 0.6) is 5.75 Å². The largest absolute Gasteiger partial charge is 0.497 e. The highest BCUT2D eigenvalue weighted by Crippen LogP contribution is 2.32. The van der Waals surface area contributed by atoms with Gasteiger partial charge in [0.05, 0.1) is 18.2 Å². The zero-order chi connectivity index (χ0) is 21.0. The molecule has 0 spiro atoms. The maximum absolute atomic E-state index is 13.2. The van der Waals surface area contributed by atoms with Crippen LogP contribution < -0.4 is 10.1 Å². The van der Waals surface area contributed by atoms with E-state index in [0.29, 0.717) is 24.2 Å². The number of carbonyl (C=O) groups is 2. The molecule has 1 heterocycles. The van der Waals surface area contributed by atoms with Crippen LogP contribution in [0.15, 0.2) is 48.5 Å². The van der Waals surface area contributed by atoms with Crippen LogP contribution in [0.1, 0.15) is 39.1 Å². The topological polar surface area (TPSA) is 58.6 Å². The highest BCUT2D eigenvalue weighted by Gasteiger charge is 2.36. The first kappa shape index (κ1) is 20.7. The van der Waals surface area contributed by atoms with Gasteiger partial charge in [-0.25, -0.2) is 0 Å². The number of piperidine rings is 1. The monoisotopic (exact) mass is 406 g/mol. The van der Waals surface area contributed by atoms with E-state index in [1.165, 1.54) is 30.2 Å². The molecule has 2 aromatic carbocycles. The molecule has 5 nitrogen and oxygen atoms in total. The lowest BCUT2D eigenvalue weighted by atomic mass is 10.0. The molecule has 1 saturated heterocycles. The van der Waals surface area contributed by atoms with E-state index in [-0.39, 0.29) is 30.6 Å². The molecule has 8 heteroatoms. The summed E-state index contributed by atoms with van der Waals surface area (Å²) in [6, 6.07) is 11.3. The second-order valence-electron chi connectivity index (χ2n) is 6.81. The normalized spacial score (nSPS) is 15.1. The first-order chi connectivity index (χ1) is 13.8. The third kappa shape index (κ3) is 4.88.